The molecule has 0 heterocycles. The van der Waals surface area contributed by atoms with Crippen molar-refractivity contribution in [2.24, 2.45) is 5.73 Å². The number of unbranched alkanes of at least 4 members (excludes halogenated alkanes) is 1. The van der Waals surface area contributed by atoms with Crippen LogP contribution in [0.25, 0.3) is 10.8 Å². The van der Waals surface area contributed by atoms with E-state index in [1.165, 1.54) is 10.8 Å². The first kappa shape index (κ1) is 12.4. The van der Waals surface area contributed by atoms with Crippen molar-refractivity contribution in [3.8, 4) is 5.75 Å². The number of hydrogen-bond acceptors (Lipinski definition) is 2. The average molecular weight is 242 g/mol. The van der Waals surface area contributed by atoms with E-state index in [-0.39, 0.29) is 5.84 Å². The molecule has 3 heteroatoms. The minimum absolute atomic E-state index is 0.251. The molecule has 0 bridgehead atoms. The summed E-state index contributed by atoms with van der Waals surface area (Å²) in [6, 6.07) is 14.3. The Labute approximate surface area is 107 Å². The quantitative estimate of drug-likeness (QED) is 0.463. The first-order chi connectivity index (χ1) is 8.75. The summed E-state index contributed by atoms with van der Waals surface area (Å²) < 4.78 is 5.68. The molecule has 18 heavy (non-hydrogen) atoms. The molecule has 0 amide bonds. The Morgan fingerprint density at radius 1 is 1.06 bits per heavy atom. The first-order valence-electron chi connectivity index (χ1n) is 6.20. The van der Waals surface area contributed by atoms with E-state index in [4.69, 9.17) is 15.9 Å². The zero-order valence-electron chi connectivity index (χ0n) is 10.4. The molecule has 0 unspecified atom stereocenters. The van der Waals surface area contributed by atoms with Crippen molar-refractivity contribution in [1.82, 2.24) is 0 Å². The lowest BCUT2D eigenvalue weighted by molar-refractivity contribution is 0.308. The molecule has 2 aromatic rings. The molecule has 0 aliphatic heterocycles. The predicted molar refractivity (Wildman–Crippen MR) is 75.2 cm³/mol. The van der Waals surface area contributed by atoms with Gasteiger partial charge in [-0.1, -0.05) is 30.3 Å². The molecule has 0 fully saturated rings. The lowest BCUT2D eigenvalue weighted by atomic mass is 10.1. The van der Waals surface area contributed by atoms with Gasteiger partial charge in [0, 0.05) is 6.42 Å². The summed E-state index contributed by atoms with van der Waals surface area (Å²) in [6.45, 7) is 0.672. The predicted octanol–water partition coefficient (Wildman–Crippen LogP) is 3.32. The van der Waals surface area contributed by atoms with Gasteiger partial charge in [-0.25, -0.2) is 0 Å². The molecule has 0 spiro atoms. The minimum atomic E-state index is 0.251. The van der Waals surface area contributed by atoms with Crippen molar-refractivity contribution in [3.63, 3.8) is 0 Å². The van der Waals surface area contributed by atoms with Crippen molar-refractivity contribution in [2.45, 2.75) is 19.3 Å². The van der Waals surface area contributed by atoms with Crippen LogP contribution in [0, 0.1) is 5.41 Å². The monoisotopic (exact) mass is 242 g/mol. The second kappa shape index (κ2) is 6.05. The van der Waals surface area contributed by atoms with E-state index < -0.39 is 0 Å². The van der Waals surface area contributed by atoms with Crippen molar-refractivity contribution < 1.29 is 4.74 Å². The molecule has 0 aliphatic rings. The fourth-order valence-corrected chi connectivity index (χ4v) is 1.86. The van der Waals surface area contributed by atoms with E-state index in [1.807, 2.05) is 18.2 Å². The Balaban J connectivity index is 1.86. The smallest absolute Gasteiger partial charge is 0.119 e. The summed E-state index contributed by atoms with van der Waals surface area (Å²) in [7, 11) is 0. The van der Waals surface area contributed by atoms with Crippen LogP contribution in [0.5, 0.6) is 5.75 Å². The normalized spacial score (nSPS) is 10.4. The van der Waals surface area contributed by atoms with Gasteiger partial charge in [0.05, 0.1) is 12.4 Å². The molecule has 0 aromatic heterocycles. The highest BCUT2D eigenvalue weighted by molar-refractivity contribution is 5.83. The standard InChI is InChI=1S/C15H18N2O/c16-15(17)7-3-4-10-18-14-9-8-12-5-1-2-6-13(12)11-14/h1-2,5-6,8-9,11H,3-4,7,10H2,(H3,16,17). The first-order valence-corrected chi connectivity index (χ1v) is 6.20. The summed E-state index contributed by atoms with van der Waals surface area (Å²) >= 11 is 0. The molecule has 0 saturated heterocycles. The summed E-state index contributed by atoms with van der Waals surface area (Å²) in [5.41, 5.74) is 5.29. The van der Waals surface area contributed by atoms with Crippen molar-refractivity contribution in [1.29, 1.82) is 5.41 Å². The third kappa shape index (κ3) is 3.48. The van der Waals surface area contributed by atoms with Crippen LogP contribution in [0.2, 0.25) is 0 Å². The van der Waals surface area contributed by atoms with Crippen molar-refractivity contribution >= 4 is 16.6 Å². The zero-order chi connectivity index (χ0) is 12.8. The third-order valence-electron chi connectivity index (χ3n) is 2.83. The topological polar surface area (TPSA) is 59.1 Å². The number of fused-ring (bicyclic) bond motifs is 1. The van der Waals surface area contributed by atoms with Gasteiger partial charge in [0.25, 0.3) is 0 Å². The van der Waals surface area contributed by atoms with Gasteiger partial charge in [0.1, 0.15) is 5.75 Å². The van der Waals surface area contributed by atoms with Crippen LogP contribution < -0.4 is 10.5 Å². The number of benzene rings is 2. The van der Waals surface area contributed by atoms with Gasteiger partial charge in [0.2, 0.25) is 0 Å². The minimum Gasteiger partial charge on any atom is -0.494 e. The maximum absolute atomic E-state index is 7.12. The van der Waals surface area contributed by atoms with Crippen LogP contribution in [-0.4, -0.2) is 12.4 Å². The lowest BCUT2D eigenvalue weighted by Gasteiger charge is -2.07. The molecule has 94 valence electrons. The number of nitrogens with one attached hydrogen (secondary N) is 1. The van der Waals surface area contributed by atoms with Crippen LogP contribution in [0.4, 0.5) is 0 Å². The highest BCUT2D eigenvalue weighted by atomic mass is 16.5. The van der Waals surface area contributed by atoms with Gasteiger partial charge in [-0.3, -0.25) is 5.41 Å². The number of amidine groups is 1. The van der Waals surface area contributed by atoms with E-state index in [9.17, 15) is 0 Å². The van der Waals surface area contributed by atoms with Crippen LogP contribution in [0.15, 0.2) is 42.5 Å². The van der Waals surface area contributed by atoms with Gasteiger partial charge >= 0.3 is 0 Å². The molecule has 0 aliphatic carbocycles. The van der Waals surface area contributed by atoms with Crippen LogP contribution in [-0.2, 0) is 0 Å². The van der Waals surface area contributed by atoms with E-state index in [1.54, 1.807) is 0 Å². The SMILES string of the molecule is N=C(N)CCCCOc1ccc2ccccc2c1. The Morgan fingerprint density at radius 2 is 1.83 bits per heavy atom. The van der Waals surface area contributed by atoms with Crippen LogP contribution >= 0.6 is 0 Å². The fourth-order valence-electron chi connectivity index (χ4n) is 1.86. The number of nitrogens with two attached hydrogens (primary N) is 1. The number of hydrogen-bond donors (Lipinski definition) is 2. The van der Waals surface area contributed by atoms with E-state index in [2.05, 4.69) is 24.3 Å². The second-order valence-electron chi connectivity index (χ2n) is 4.34. The van der Waals surface area contributed by atoms with E-state index >= 15 is 0 Å². The molecular formula is C15H18N2O. The number of ether oxygens (including phenoxy) is 1. The third-order valence-corrected chi connectivity index (χ3v) is 2.83. The molecule has 3 N–H and O–H groups in total. The van der Waals surface area contributed by atoms with E-state index in [0.29, 0.717) is 13.0 Å². The molecule has 0 saturated carbocycles. The average Bonchev–Trinajstić information content (AvgIpc) is 2.38. The van der Waals surface area contributed by atoms with Gasteiger partial charge in [-0.05, 0) is 35.7 Å². The Bertz CT molecular complexity index is 537. The molecule has 3 nitrogen and oxygen atoms in total. The lowest BCUT2D eigenvalue weighted by Crippen LogP contribution is -2.09. The highest BCUT2D eigenvalue weighted by Crippen LogP contribution is 2.20. The highest BCUT2D eigenvalue weighted by Gasteiger charge is 1.97. The largest absolute Gasteiger partial charge is 0.494 e. The molecule has 2 rings (SSSR count). The van der Waals surface area contributed by atoms with Crippen molar-refractivity contribution in [2.75, 3.05) is 6.61 Å². The Morgan fingerprint density at radius 3 is 2.61 bits per heavy atom. The molecule has 2 aromatic carbocycles. The van der Waals surface area contributed by atoms with Crippen molar-refractivity contribution in [3.05, 3.63) is 42.5 Å². The second-order valence-corrected chi connectivity index (χ2v) is 4.34. The summed E-state index contributed by atoms with van der Waals surface area (Å²) in [6.07, 6.45) is 2.48. The fraction of sp³-hybridized carbons (Fsp3) is 0.267. The van der Waals surface area contributed by atoms with Gasteiger partial charge < -0.3 is 10.5 Å². The van der Waals surface area contributed by atoms with Crippen LogP contribution in [0.3, 0.4) is 0 Å². The maximum Gasteiger partial charge on any atom is 0.119 e. The molecule has 0 radical (unpaired) electrons. The Kier molecular flexibility index (Phi) is 4.18. The summed E-state index contributed by atoms with van der Waals surface area (Å²) in [4.78, 5) is 0. The van der Waals surface area contributed by atoms with Gasteiger partial charge in [-0.15, -0.1) is 0 Å². The summed E-state index contributed by atoms with van der Waals surface area (Å²) in [5.74, 6) is 1.15. The van der Waals surface area contributed by atoms with Crippen LogP contribution in [0.1, 0.15) is 19.3 Å². The van der Waals surface area contributed by atoms with Gasteiger partial charge in [-0.2, -0.15) is 0 Å². The zero-order valence-corrected chi connectivity index (χ0v) is 10.4. The maximum atomic E-state index is 7.12. The van der Waals surface area contributed by atoms with Gasteiger partial charge in [0.15, 0.2) is 0 Å². The number of rotatable bonds is 6. The summed E-state index contributed by atoms with van der Waals surface area (Å²) in [5, 5.41) is 9.54. The Hall–Kier alpha value is -2.03. The molecular weight excluding hydrogens is 224 g/mol. The molecule has 0 atom stereocenters. The van der Waals surface area contributed by atoms with E-state index in [0.717, 1.165) is 18.6 Å².